The van der Waals surface area contributed by atoms with Crippen LogP contribution < -0.4 is 0 Å². The van der Waals surface area contributed by atoms with E-state index in [1.54, 1.807) is 18.0 Å². The minimum Gasteiger partial charge on any atom is -0.297 e. The summed E-state index contributed by atoms with van der Waals surface area (Å²) in [7, 11) is 0. The van der Waals surface area contributed by atoms with Gasteiger partial charge in [-0.3, -0.25) is 4.79 Å². The number of aromatic nitrogens is 1. The first kappa shape index (κ1) is 11.4. The van der Waals surface area contributed by atoms with Crippen LogP contribution in [-0.2, 0) is 5.75 Å². The van der Waals surface area contributed by atoms with Crippen LogP contribution in [0, 0.1) is 6.92 Å². The highest BCUT2D eigenvalue weighted by Gasteiger charge is 2.02. The monoisotopic (exact) mass is 249 g/mol. The van der Waals surface area contributed by atoms with Gasteiger partial charge in [0.05, 0.1) is 10.6 Å². The van der Waals surface area contributed by atoms with E-state index >= 15 is 0 Å². The Bertz CT molecular complexity index is 493. The summed E-state index contributed by atoms with van der Waals surface area (Å²) < 4.78 is 0. The fourth-order valence-electron chi connectivity index (χ4n) is 1.30. The average molecular weight is 249 g/mol. The summed E-state index contributed by atoms with van der Waals surface area (Å²) in [5, 5.41) is 0.994. The number of thiazole rings is 1. The Morgan fingerprint density at radius 3 is 3.06 bits per heavy atom. The number of carbonyl (C=O) groups excluding carboxylic acids is 1. The third-order valence-corrected chi connectivity index (χ3v) is 4.15. The van der Waals surface area contributed by atoms with Crippen molar-refractivity contribution in [2.75, 3.05) is 0 Å². The molecule has 0 bridgehead atoms. The predicted octanol–water partition coefficient (Wildman–Crippen LogP) is 3.56. The van der Waals surface area contributed by atoms with Crippen molar-refractivity contribution in [3.05, 3.63) is 45.9 Å². The lowest BCUT2D eigenvalue weighted by Crippen LogP contribution is -1.78. The number of rotatable bonds is 4. The first-order chi connectivity index (χ1) is 7.78. The summed E-state index contributed by atoms with van der Waals surface area (Å²) in [4.78, 5) is 16.6. The Morgan fingerprint density at radius 2 is 2.38 bits per heavy atom. The first-order valence-corrected chi connectivity index (χ1v) is 6.67. The number of hydrogen-bond donors (Lipinski definition) is 0. The molecule has 2 rings (SSSR count). The van der Waals surface area contributed by atoms with Crippen molar-refractivity contribution in [2.24, 2.45) is 0 Å². The van der Waals surface area contributed by atoms with Gasteiger partial charge in [0.25, 0.3) is 0 Å². The third kappa shape index (κ3) is 2.93. The van der Waals surface area contributed by atoms with Gasteiger partial charge in [-0.1, -0.05) is 17.7 Å². The lowest BCUT2D eigenvalue weighted by atomic mass is 10.2. The summed E-state index contributed by atoms with van der Waals surface area (Å²) in [6.07, 6.45) is 2.47. The van der Waals surface area contributed by atoms with Crippen LogP contribution in [0.25, 0.3) is 0 Å². The maximum absolute atomic E-state index is 10.5. The van der Waals surface area contributed by atoms with Crippen molar-refractivity contribution in [1.29, 1.82) is 0 Å². The number of nitrogens with zero attached hydrogens (tertiary/aromatic N) is 1. The molecule has 0 saturated heterocycles. The van der Waals surface area contributed by atoms with Gasteiger partial charge in [-0.05, 0) is 19.1 Å². The van der Waals surface area contributed by atoms with Crippen LogP contribution in [0.1, 0.15) is 20.2 Å². The van der Waals surface area contributed by atoms with Gasteiger partial charge in [-0.25, -0.2) is 4.98 Å². The van der Waals surface area contributed by atoms with Gasteiger partial charge < -0.3 is 0 Å². The van der Waals surface area contributed by atoms with Gasteiger partial charge in [0, 0.05) is 11.1 Å². The summed E-state index contributed by atoms with van der Waals surface area (Å²) in [6.45, 7) is 2.08. The molecule has 0 radical (unpaired) electrons. The maximum atomic E-state index is 10.5. The molecule has 82 valence electrons. The van der Waals surface area contributed by atoms with Crippen LogP contribution in [0.3, 0.4) is 0 Å². The molecule has 1 aromatic carbocycles. The lowest BCUT2D eigenvalue weighted by molar-refractivity contribution is 0.112. The number of aryl methyl sites for hydroxylation is 1. The fraction of sp³-hybridized carbons (Fsp3) is 0.167. The van der Waals surface area contributed by atoms with Gasteiger partial charge in [-0.15, -0.1) is 23.1 Å². The van der Waals surface area contributed by atoms with E-state index in [4.69, 9.17) is 0 Å². The minimum atomic E-state index is 0.694. The molecular formula is C12H11NOS2. The second-order valence-electron chi connectivity index (χ2n) is 3.38. The van der Waals surface area contributed by atoms with E-state index in [1.807, 2.05) is 0 Å². The van der Waals surface area contributed by atoms with Gasteiger partial charge >= 0.3 is 0 Å². The van der Waals surface area contributed by atoms with E-state index in [2.05, 4.69) is 36.2 Å². The molecule has 0 fully saturated rings. The van der Waals surface area contributed by atoms with Crippen molar-refractivity contribution in [3.63, 3.8) is 0 Å². The van der Waals surface area contributed by atoms with Gasteiger partial charge in [0.2, 0.25) is 0 Å². The molecule has 4 heteroatoms. The number of carbonyl (C=O) groups is 1. The SMILES string of the molecule is Cc1cccc(SCc2ncc(C=O)s2)c1. The van der Waals surface area contributed by atoms with Crippen LogP contribution in [0.4, 0.5) is 0 Å². The third-order valence-electron chi connectivity index (χ3n) is 2.04. The van der Waals surface area contributed by atoms with E-state index in [1.165, 1.54) is 21.8 Å². The Morgan fingerprint density at radius 1 is 1.50 bits per heavy atom. The highest BCUT2D eigenvalue weighted by Crippen LogP contribution is 2.25. The van der Waals surface area contributed by atoms with E-state index in [0.717, 1.165) is 17.0 Å². The zero-order valence-electron chi connectivity index (χ0n) is 8.84. The average Bonchev–Trinajstić information content (AvgIpc) is 2.74. The molecule has 2 nitrogen and oxygen atoms in total. The zero-order valence-corrected chi connectivity index (χ0v) is 10.5. The van der Waals surface area contributed by atoms with Crippen LogP contribution in [-0.4, -0.2) is 11.3 Å². The molecular weight excluding hydrogens is 238 g/mol. The van der Waals surface area contributed by atoms with Crippen molar-refractivity contribution >= 4 is 29.4 Å². The Kier molecular flexibility index (Phi) is 3.74. The smallest absolute Gasteiger partial charge is 0.161 e. The molecule has 0 aliphatic heterocycles. The van der Waals surface area contributed by atoms with Gasteiger partial charge in [0.15, 0.2) is 6.29 Å². The molecule has 0 unspecified atom stereocenters. The zero-order chi connectivity index (χ0) is 11.4. The van der Waals surface area contributed by atoms with Crippen LogP contribution in [0.15, 0.2) is 35.4 Å². The molecule has 0 atom stereocenters. The van der Waals surface area contributed by atoms with E-state index in [9.17, 15) is 4.79 Å². The molecule has 0 amide bonds. The second kappa shape index (κ2) is 5.27. The maximum Gasteiger partial charge on any atom is 0.161 e. The molecule has 1 heterocycles. The van der Waals surface area contributed by atoms with Gasteiger partial charge in [0.1, 0.15) is 5.01 Å². The first-order valence-electron chi connectivity index (χ1n) is 4.87. The quantitative estimate of drug-likeness (QED) is 0.613. The number of aldehydes is 1. The van der Waals surface area contributed by atoms with E-state index in [-0.39, 0.29) is 0 Å². The van der Waals surface area contributed by atoms with Crippen molar-refractivity contribution in [3.8, 4) is 0 Å². The van der Waals surface area contributed by atoms with Gasteiger partial charge in [-0.2, -0.15) is 0 Å². The highest BCUT2D eigenvalue weighted by atomic mass is 32.2. The number of thioether (sulfide) groups is 1. The van der Waals surface area contributed by atoms with Crippen LogP contribution >= 0.6 is 23.1 Å². The summed E-state index contributed by atoms with van der Waals surface area (Å²) >= 11 is 3.20. The second-order valence-corrected chi connectivity index (χ2v) is 5.57. The van der Waals surface area contributed by atoms with Crippen molar-refractivity contribution in [1.82, 2.24) is 4.98 Å². The molecule has 1 aromatic heterocycles. The lowest BCUT2D eigenvalue weighted by Gasteiger charge is -1.99. The molecule has 16 heavy (non-hydrogen) atoms. The predicted molar refractivity (Wildman–Crippen MR) is 68.2 cm³/mol. The standard InChI is InChI=1S/C12H11NOS2/c1-9-3-2-4-10(5-9)15-8-12-13-6-11(7-14)16-12/h2-7H,8H2,1H3. The summed E-state index contributed by atoms with van der Waals surface area (Å²) in [5.41, 5.74) is 1.26. The highest BCUT2D eigenvalue weighted by molar-refractivity contribution is 7.98. The normalized spacial score (nSPS) is 10.3. The Labute approximate surface area is 103 Å². The largest absolute Gasteiger partial charge is 0.297 e. The molecule has 0 saturated carbocycles. The minimum absolute atomic E-state index is 0.694. The Hall–Kier alpha value is -1.13. The molecule has 0 N–H and O–H groups in total. The summed E-state index contributed by atoms with van der Waals surface area (Å²) in [6, 6.07) is 8.37. The molecule has 0 aliphatic carbocycles. The fourth-order valence-corrected chi connectivity index (χ4v) is 3.05. The van der Waals surface area contributed by atoms with Crippen molar-refractivity contribution < 1.29 is 4.79 Å². The van der Waals surface area contributed by atoms with E-state index in [0.29, 0.717) is 4.88 Å². The van der Waals surface area contributed by atoms with E-state index < -0.39 is 0 Å². The topological polar surface area (TPSA) is 30.0 Å². The Balaban J connectivity index is 1.99. The van der Waals surface area contributed by atoms with Crippen molar-refractivity contribution in [2.45, 2.75) is 17.6 Å². The van der Waals surface area contributed by atoms with Crippen LogP contribution in [0.5, 0.6) is 0 Å². The summed E-state index contributed by atoms with van der Waals surface area (Å²) in [5.74, 6) is 0.821. The molecule has 0 aliphatic rings. The number of hydrogen-bond acceptors (Lipinski definition) is 4. The molecule has 0 spiro atoms. The number of benzene rings is 1. The molecule has 2 aromatic rings. The van der Waals surface area contributed by atoms with Crippen LogP contribution in [0.2, 0.25) is 0 Å².